The Bertz CT molecular complexity index is 898. The molecule has 0 bridgehead atoms. The second kappa shape index (κ2) is 11.9. The van der Waals surface area contributed by atoms with E-state index in [0.717, 1.165) is 26.6 Å². The number of carboxylic acid groups (broad SMARTS) is 1. The van der Waals surface area contributed by atoms with Crippen molar-refractivity contribution in [2.45, 2.75) is 39.7 Å². The predicted octanol–water partition coefficient (Wildman–Crippen LogP) is 2.22. The highest BCUT2D eigenvalue weighted by molar-refractivity contribution is 5.97. The van der Waals surface area contributed by atoms with Crippen LogP contribution in [0, 0.1) is 0 Å². The zero-order chi connectivity index (χ0) is 22.8. The lowest BCUT2D eigenvalue weighted by Crippen LogP contribution is -2.38. The number of phenols is 1. The molecule has 0 saturated carbocycles. The third kappa shape index (κ3) is 7.60. The summed E-state index contributed by atoms with van der Waals surface area (Å²) < 4.78 is 6.75. The van der Waals surface area contributed by atoms with E-state index >= 15 is 0 Å². The molecule has 2 aromatic rings. The minimum Gasteiger partial charge on any atom is -0.508 e. The van der Waals surface area contributed by atoms with Crippen molar-refractivity contribution in [1.29, 1.82) is 0 Å². The quantitative estimate of drug-likeness (QED) is 0.573. The van der Waals surface area contributed by atoms with Crippen LogP contribution in [0.1, 0.15) is 43.6 Å². The number of amides is 1. The first-order chi connectivity index (χ1) is 14.8. The lowest BCUT2D eigenvalue weighted by molar-refractivity contribution is -0.134. The number of aromatic nitrogens is 1. The van der Waals surface area contributed by atoms with Gasteiger partial charge in [-0.3, -0.25) is 9.59 Å². The van der Waals surface area contributed by atoms with Gasteiger partial charge in [0, 0.05) is 30.9 Å². The maximum atomic E-state index is 12.4. The zero-order valence-electron chi connectivity index (χ0n) is 18.1. The van der Waals surface area contributed by atoms with E-state index in [-0.39, 0.29) is 24.8 Å². The molecule has 0 atom stereocenters. The summed E-state index contributed by atoms with van der Waals surface area (Å²) in [5.74, 6) is -1.35. The molecule has 9 heteroatoms. The monoisotopic (exact) mass is 433 g/mol. The summed E-state index contributed by atoms with van der Waals surface area (Å²) in [7, 11) is 0. The Hall–Kier alpha value is -3.07. The minimum atomic E-state index is -0.833. The maximum absolute atomic E-state index is 12.4. The number of aromatic hydroxyl groups is 1. The SMILES string of the molecule is CC(=O)O.CCOC(=O)c1cc2cc(O)ccc2n1CC(=O)NCCN1CCCCC1. The molecule has 0 radical (unpaired) electrons. The summed E-state index contributed by atoms with van der Waals surface area (Å²) in [5, 5.41) is 20.7. The number of carboxylic acids is 1. The molecule has 1 saturated heterocycles. The molecule has 1 fully saturated rings. The van der Waals surface area contributed by atoms with Crippen LogP contribution in [0.15, 0.2) is 24.3 Å². The fraction of sp³-hybridized carbons (Fsp3) is 0.500. The van der Waals surface area contributed by atoms with E-state index < -0.39 is 11.9 Å². The van der Waals surface area contributed by atoms with Crippen molar-refractivity contribution < 1.29 is 29.3 Å². The molecule has 170 valence electrons. The smallest absolute Gasteiger partial charge is 0.354 e. The number of hydrogen-bond acceptors (Lipinski definition) is 6. The van der Waals surface area contributed by atoms with Gasteiger partial charge in [-0.2, -0.15) is 0 Å². The number of aliphatic carboxylic acids is 1. The number of ether oxygens (including phenoxy) is 1. The Balaban J connectivity index is 0.000000785. The molecule has 1 aromatic carbocycles. The average molecular weight is 434 g/mol. The fourth-order valence-electron chi connectivity index (χ4n) is 3.54. The molecule has 1 aliphatic heterocycles. The third-order valence-corrected chi connectivity index (χ3v) is 4.87. The lowest BCUT2D eigenvalue weighted by atomic mass is 10.1. The Kier molecular flexibility index (Phi) is 9.33. The van der Waals surface area contributed by atoms with Crippen molar-refractivity contribution in [1.82, 2.24) is 14.8 Å². The Morgan fingerprint density at radius 1 is 1.13 bits per heavy atom. The fourth-order valence-corrected chi connectivity index (χ4v) is 3.54. The number of rotatable bonds is 7. The molecule has 0 unspecified atom stereocenters. The highest BCUT2D eigenvalue weighted by Gasteiger charge is 2.19. The van der Waals surface area contributed by atoms with E-state index in [9.17, 15) is 14.7 Å². The standard InChI is InChI=1S/C20H27N3O4.C2H4O2/c1-2-27-20(26)18-13-15-12-16(24)6-7-17(15)23(18)14-19(25)21-8-11-22-9-4-3-5-10-22;1-2(3)4/h6-7,12-13,24H,2-5,8-11,14H2,1H3,(H,21,25);1H3,(H,3,4). The maximum Gasteiger partial charge on any atom is 0.354 e. The topological polar surface area (TPSA) is 121 Å². The molecule has 3 N–H and O–H groups in total. The van der Waals surface area contributed by atoms with Crippen LogP contribution in [0.25, 0.3) is 10.9 Å². The van der Waals surface area contributed by atoms with Gasteiger partial charge in [-0.15, -0.1) is 0 Å². The Labute approximate surface area is 181 Å². The van der Waals surface area contributed by atoms with Gasteiger partial charge in [-0.1, -0.05) is 6.42 Å². The predicted molar refractivity (Wildman–Crippen MR) is 116 cm³/mol. The number of esters is 1. The van der Waals surface area contributed by atoms with Crippen LogP contribution in [-0.2, 0) is 20.9 Å². The highest BCUT2D eigenvalue weighted by Crippen LogP contribution is 2.24. The van der Waals surface area contributed by atoms with E-state index in [1.54, 1.807) is 35.8 Å². The minimum absolute atomic E-state index is 0.0302. The summed E-state index contributed by atoms with van der Waals surface area (Å²) >= 11 is 0. The van der Waals surface area contributed by atoms with E-state index in [0.29, 0.717) is 23.1 Å². The van der Waals surface area contributed by atoms with Gasteiger partial charge >= 0.3 is 5.97 Å². The lowest BCUT2D eigenvalue weighted by Gasteiger charge is -2.26. The van der Waals surface area contributed by atoms with Crippen molar-refractivity contribution in [2.75, 3.05) is 32.8 Å². The van der Waals surface area contributed by atoms with Crippen molar-refractivity contribution >= 4 is 28.7 Å². The number of carbonyl (C=O) groups is 3. The number of likely N-dealkylation sites (tertiary alicyclic amines) is 1. The summed E-state index contributed by atoms with van der Waals surface area (Å²) in [6, 6.07) is 6.47. The van der Waals surface area contributed by atoms with Crippen molar-refractivity contribution in [3.8, 4) is 5.75 Å². The van der Waals surface area contributed by atoms with Crippen LogP contribution in [0.5, 0.6) is 5.75 Å². The first-order valence-corrected chi connectivity index (χ1v) is 10.5. The van der Waals surface area contributed by atoms with Crippen molar-refractivity contribution in [3.63, 3.8) is 0 Å². The summed E-state index contributed by atoms with van der Waals surface area (Å²) in [5.41, 5.74) is 1.02. The molecule has 0 spiro atoms. The van der Waals surface area contributed by atoms with Gasteiger partial charge < -0.3 is 29.7 Å². The van der Waals surface area contributed by atoms with Crippen LogP contribution in [-0.4, -0.2) is 70.3 Å². The van der Waals surface area contributed by atoms with Gasteiger partial charge in [0.1, 0.15) is 18.0 Å². The molecule has 0 aliphatic carbocycles. The largest absolute Gasteiger partial charge is 0.508 e. The summed E-state index contributed by atoms with van der Waals surface area (Å²) in [6.07, 6.45) is 3.73. The van der Waals surface area contributed by atoms with E-state index in [2.05, 4.69) is 10.2 Å². The third-order valence-electron chi connectivity index (χ3n) is 4.87. The van der Waals surface area contributed by atoms with Gasteiger partial charge in [0.15, 0.2) is 0 Å². The van der Waals surface area contributed by atoms with Crippen LogP contribution >= 0.6 is 0 Å². The molecule has 31 heavy (non-hydrogen) atoms. The first-order valence-electron chi connectivity index (χ1n) is 10.5. The molecule has 9 nitrogen and oxygen atoms in total. The summed E-state index contributed by atoms with van der Waals surface area (Å²) in [6.45, 7) is 6.73. The Morgan fingerprint density at radius 2 is 1.81 bits per heavy atom. The summed E-state index contributed by atoms with van der Waals surface area (Å²) in [4.78, 5) is 36.1. The Morgan fingerprint density at radius 3 is 2.45 bits per heavy atom. The number of hydrogen-bond donors (Lipinski definition) is 3. The highest BCUT2D eigenvalue weighted by atomic mass is 16.5. The van der Waals surface area contributed by atoms with Crippen LogP contribution in [0.4, 0.5) is 0 Å². The average Bonchev–Trinajstić information content (AvgIpc) is 3.06. The molecule has 1 aromatic heterocycles. The van der Waals surface area contributed by atoms with Gasteiger partial charge in [0.25, 0.3) is 5.97 Å². The number of phenolic OH excluding ortho intramolecular Hbond substituents is 1. The molecular formula is C22H31N3O6. The van der Waals surface area contributed by atoms with E-state index in [1.165, 1.54) is 19.3 Å². The van der Waals surface area contributed by atoms with Crippen LogP contribution in [0.2, 0.25) is 0 Å². The van der Waals surface area contributed by atoms with Gasteiger partial charge in [0.05, 0.1) is 6.61 Å². The number of benzene rings is 1. The number of nitrogens with zero attached hydrogens (tertiary/aromatic N) is 2. The van der Waals surface area contributed by atoms with Crippen molar-refractivity contribution in [3.05, 3.63) is 30.0 Å². The molecule has 3 rings (SSSR count). The van der Waals surface area contributed by atoms with Crippen LogP contribution in [0.3, 0.4) is 0 Å². The number of nitrogens with one attached hydrogen (secondary N) is 1. The van der Waals surface area contributed by atoms with Crippen molar-refractivity contribution in [2.24, 2.45) is 0 Å². The zero-order valence-corrected chi connectivity index (χ0v) is 18.1. The first kappa shape index (κ1) is 24.2. The van der Waals surface area contributed by atoms with E-state index in [4.69, 9.17) is 14.6 Å². The molecule has 1 aliphatic rings. The molecule has 2 heterocycles. The van der Waals surface area contributed by atoms with Gasteiger partial charge in [-0.25, -0.2) is 4.79 Å². The van der Waals surface area contributed by atoms with Gasteiger partial charge in [0.2, 0.25) is 5.91 Å². The van der Waals surface area contributed by atoms with Gasteiger partial charge in [-0.05, 0) is 57.1 Å². The van der Waals surface area contributed by atoms with Crippen LogP contribution < -0.4 is 5.32 Å². The second-order valence-electron chi connectivity index (χ2n) is 7.35. The van der Waals surface area contributed by atoms with E-state index in [1.807, 2.05) is 0 Å². The number of piperidine rings is 1. The number of carbonyl (C=O) groups excluding carboxylic acids is 2. The molecular weight excluding hydrogens is 402 g/mol. The second-order valence-corrected chi connectivity index (χ2v) is 7.35. The number of fused-ring (bicyclic) bond motifs is 1. The molecule has 1 amide bonds. The normalized spacial score (nSPS) is 13.9.